The lowest BCUT2D eigenvalue weighted by Gasteiger charge is -2.26. The summed E-state index contributed by atoms with van der Waals surface area (Å²) in [4.78, 5) is 53.8. The van der Waals surface area contributed by atoms with Crippen LogP contribution in [0.15, 0.2) is 47.4 Å². The van der Waals surface area contributed by atoms with Gasteiger partial charge in [-0.1, -0.05) is 18.2 Å². The van der Waals surface area contributed by atoms with E-state index in [1.165, 1.54) is 43.3 Å². The molecule has 1 aliphatic heterocycles. The van der Waals surface area contributed by atoms with Gasteiger partial charge in [-0.25, -0.2) is 14.2 Å². The summed E-state index contributed by atoms with van der Waals surface area (Å²) < 4.78 is 72.3. The normalized spacial score (nSPS) is 21.2. The SMILES string of the molecule is CC(NP(=O)(OC[C@H]1O[C@@H](n2ccc(NC(=O)OC(C)(C)C)nc2=O)C(F)(F)[C@@H]1OC(=O)CN(C)C)Oc1ccccc1)C(=O)O. The molecule has 2 unspecified atom stereocenters. The number of aromatic nitrogens is 2. The Morgan fingerprint density at radius 2 is 1.85 bits per heavy atom. The summed E-state index contributed by atoms with van der Waals surface area (Å²) in [6.45, 7) is 4.59. The first kappa shape index (κ1) is 36.5. The molecule has 2 aromatic rings. The molecular formula is C27H36F2N5O11P. The first-order valence-electron chi connectivity index (χ1n) is 13.8. The number of hydrogen-bond acceptors (Lipinski definition) is 12. The molecule has 0 spiro atoms. The Bertz CT molecular complexity index is 1500. The molecule has 2 heterocycles. The van der Waals surface area contributed by atoms with Gasteiger partial charge in [0.05, 0.1) is 13.2 Å². The number of carboxylic acid groups (broad SMARTS) is 1. The molecule has 16 nitrogen and oxygen atoms in total. The molecular weight excluding hydrogens is 639 g/mol. The number of benzene rings is 1. The number of para-hydroxylation sites is 1. The molecule has 254 valence electrons. The highest BCUT2D eigenvalue weighted by Crippen LogP contribution is 2.48. The van der Waals surface area contributed by atoms with Gasteiger partial charge in [0.2, 0.25) is 6.23 Å². The molecule has 5 atom stereocenters. The highest BCUT2D eigenvalue weighted by molar-refractivity contribution is 7.52. The van der Waals surface area contributed by atoms with E-state index in [-0.39, 0.29) is 11.6 Å². The molecule has 1 amide bonds. The predicted octanol–water partition coefficient (Wildman–Crippen LogP) is 2.86. The summed E-state index contributed by atoms with van der Waals surface area (Å²) in [5.74, 6) is -6.89. The Morgan fingerprint density at radius 3 is 2.41 bits per heavy atom. The van der Waals surface area contributed by atoms with Crippen molar-refractivity contribution in [3.8, 4) is 5.75 Å². The van der Waals surface area contributed by atoms with Crippen molar-refractivity contribution in [2.24, 2.45) is 0 Å². The monoisotopic (exact) mass is 675 g/mol. The number of ether oxygens (including phenoxy) is 3. The zero-order valence-corrected chi connectivity index (χ0v) is 26.7. The van der Waals surface area contributed by atoms with Crippen molar-refractivity contribution in [2.45, 2.75) is 63.7 Å². The standard InChI is InChI=1S/C27H36F2N5O11P/c1-16(22(36)37)32-46(40,45-17-10-8-7-9-11-17)41-15-18-21(43-20(35)14-33(5)6)27(28,29)23(42-18)34-13-12-19(30-24(34)38)31-25(39)44-26(2,3)4/h7-13,16,18,21,23H,14-15H2,1-6H3,(H,32,40)(H,36,37)(H,30,31,38,39)/t16?,18-,21-,23-,46?/m1/s1. The van der Waals surface area contributed by atoms with Crippen LogP contribution in [-0.2, 0) is 32.9 Å². The fraction of sp³-hybridized carbons (Fsp3) is 0.519. The number of rotatable bonds is 13. The van der Waals surface area contributed by atoms with E-state index in [9.17, 15) is 28.8 Å². The predicted molar refractivity (Wildman–Crippen MR) is 157 cm³/mol. The van der Waals surface area contributed by atoms with E-state index in [2.05, 4.69) is 15.4 Å². The van der Waals surface area contributed by atoms with Crippen LogP contribution in [0, 0.1) is 0 Å². The Balaban J connectivity index is 1.91. The Labute approximate surface area is 262 Å². The van der Waals surface area contributed by atoms with Crippen LogP contribution in [0.1, 0.15) is 33.9 Å². The van der Waals surface area contributed by atoms with Crippen molar-refractivity contribution >= 4 is 31.6 Å². The molecule has 0 bridgehead atoms. The summed E-state index contributed by atoms with van der Waals surface area (Å²) in [7, 11) is -1.61. The molecule has 1 fully saturated rings. The summed E-state index contributed by atoms with van der Waals surface area (Å²) in [6.07, 6.45) is -6.71. The fourth-order valence-electron chi connectivity index (χ4n) is 3.93. The molecule has 1 aromatic carbocycles. The van der Waals surface area contributed by atoms with Gasteiger partial charge in [0, 0.05) is 6.20 Å². The largest absolute Gasteiger partial charge is 0.480 e. The van der Waals surface area contributed by atoms with E-state index in [0.717, 1.165) is 19.2 Å². The van der Waals surface area contributed by atoms with Crippen molar-refractivity contribution in [3.05, 3.63) is 53.1 Å². The highest BCUT2D eigenvalue weighted by Gasteiger charge is 2.63. The first-order valence-corrected chi connectivity index (χ1v) is 15.3. The molecule has 0 radical (unpaired) electrons. The third-order valence-electron chi connectivity index (χ3n) is 5.87. The maximum absolute atomic E-state index is 15.9. The number of carboxylic acids is 1. The van der Waals surface area contributed by atoms with Crippen molar-refractivity contribution in [1.82, 2.24) is 19.5 Å². The number of likely N-dealkylation sites (N-methyl/N-ethyl adjacent to an activating group) is 1. The van der Waals surface area contributed by atoms with Crippen LogP contribution in [0.2, 0.25) is 0 Å². The summed E-state index contributed by atoms with van der Waals surface area (Å²) >= 11 is 0. The lowest BCUT2D eigenvalue weighted by molar-refractivity contribution is -0.177. The van der Waals surface area contributed by atoms with E-state index in [0.29, 0.717) is 4.57 Å². The quantitative estimate of drug-likeness (QED) is 0.207. The van der Waals surface area contributed by atoms with Crippen LogP contribution in [0.4, 0.5) is 19.4 Å². The second-order valence-electron chi connectivity index (χ2n) is 11.4. The fourth-order valence-corrected chi connectivity index (χ4v) is 5.44. The second kappa shape index (κ2) is 14.6. The number of anilines is 1. The Kier molecular flexibility index (Phi) is 11.6. The molecule has 0 aliphatic carbocycles. The number of nitrogens with one attached hydrogen (secondary N) is 2. The van der Waals surface area contributed by atoms with Gasteiger partial charge >= 0.3 is 37.4 Å². The van der Waals surface area contributed by atoms with Gasteiger partial charge in [0.25, 0.3) is 0 Å². The van der Waals surface area contributed by atoms with Gasteiger partial charge in [-0.15, -0.1) is 0 Å². The smallest absolute Gasteiger partial charge is 0.459 e. The number of amides is 1. The van der Waals surface area contributed by atoms with Crippen LogP contribution in [-0.4, -0.2) is 94.6 Å². The average molecular weight is 676 g/mol. The van der Waals surface area contributed by atoms with Crippen molar-refractivity contribution in [3.63, 3.8) is 0 Å². The van der Waals surface area contributed by atoms with Crippen LogP contribution < -0.4 is 20.6 Å². The van der Waals surface area contributed by atoms with Gasteiger partial charge < -0.3 is 23.8 Å². The number of alkyl halides is 2. The van der Waals surface area contributed by atoms with Gasteiger partial charge in [-0.05, 0) is 60.0 Å². The lowest BCUT2D eigenvalue weighted by atomic mass is 10.1. The summed E-state index contributed by atoms with van der Waals surface area (Å²) in [5.41, 5.74) is -2.14. The third-order valence-corrected chi connectivity index (χ3v) is 7.51. The van der Waals surface area contributed by atoms with E-state index >= 15 is 8.78 Å². The first-order chi connectivity index (χ1) is 21.3. The maximum Gasteiger partial charge on any atom is 0.459 e. The van der Waals surface area contributed by atoms with E-state index in [4.69, 9.17) is 23.3 Å². The number of halogens is 2. The van der Waals surface area contributed by atoms with Crippen LogP contribution in [0.25, 0.3) is 0 Å². The number of nitrogens with zero attached hydrogens (tertiary/aromatic N) is 3. The molecule has 1 saturated heterocycles. The topological polar surface area (TPSA) is 197 Å². The summed E-state index contributed by atoms with van der Waals surface area (Å²) in [6, 6.07) is 7.06. The molecule has 1 aliphatic rings. The van der Waals surface area contributed by atoms with E-state index < -0.39 is 80.6 Å². The third kappa shape index (κ3) is 10.0. The molecule has 3 rings (SSSR count). The Morgan fingerprint density at radius 1 is 1.20 bits per heavy atom. The molecule has 3 N–H and O–H groups in total. The van der Waals surface area contributed by atoms with Gasteiger partial charge in [0.15, 0.2) is 6.10 Å². The van der Waals surface area contributed by atoms with Gasteiger partial charge in [0.1, 0.15) is 29.3 Å². The maximum atomic E-state index is 15.9. The number of aliphatic carboxylic acids is 1. The van der Waals surface area contributed by atoms with Gasteiger partial charge in [-0.3, -0.25) is 28.9 Å². The zero-order valence-electron chi connectivity index (χ0n) is 25.8. The average Bonchev–Trinajstić information content (AvgIpc) is 3.15. The minimum absolute atomic E-state index is 0.00172. The summed E-state index contributed by atoms with van der Waals surface area (Å²) in [5, 5.41) is 13.7. The number of hydrogen-bond donors (Lipinski definition) is 3. The van der Waals surface area contributed by atoms with Crippen LogP contribution >= 0.6 is 7.75 Å². The number of esters is 1. The molecule has 0 saturated carbocycles. The molecule has 19 heteroatoms. The lowest BCUT2D eigenvalue weighted by Crippen LogP contribution is -2.46. The zero-order chi connectivity index (χ0) is 34.4. The minimum Gasteiger partial charge on any atom is -0.480 e. The van der Waals surface area contributed by atoms with E-state index in [1.807, 2.05) is 0 Å². The molecule has 46 heavy (non-hydrogen) atoms. The van der Waals surface area contributed by atoms with Crippen molar-refractivity contribution < 1.29 is 56.1 Å². The van der Waals surface area contributed by atoms with Crippen molar-refractivity contribution in [2.75, 3.05) is 32.6 Å². The van der Waals surface area contributed by atoms with Crippen LogP contribution in [0.3, 0.4) is 0 Å². The highest BCUT2D eigenvalue weighted by atomic mass is 31.2. The van der Waals surface area contributed by atoms with Crippen molar-refractivity contribution in [1.29, 1.82) is 0 Å². The second-order valence-corrected chi connectivity index (χ2v) is 13.1. The number of carbonyl (C=O) groups is 3. The minimum atomic E-state index is -4.60. The van der Waals surface area contributed by atoms with Crippen LogP contribution in [0.5, 0.6) is 5.75 Å². The Hall–Kier alpha value is -3.96. The molecule has 1 aromatic heterocycles. The van der Waals surface area contributed by atoms with E-state index in [1.54, 1.807) is 26.8 Å². The van der Waals surface area contributed by atoms with Gasteiger partial charge in [-0.2, -0.15) is 18.9 Å². The number of carbonyl (C=O) groups excluding carboxylic acids is 2.